The molecule has 0 saturated heterocycles. The number of nitrogens with one attached hydrogen (secondary N) is 1. The van der Waals surface area contributed by atoms with E-state index in [1.165, 1.54) is 0 Å². The van der Waals surface area contributed by atoms with E-state index in [0.29, 0.717) is 0 Å². The smallest absolute Gasteiger partial charge is 0.181 e. The first-order valence-electron chi connectivity index (χ1n) is 4.85. The lowest BCUT2D eigenvalue weighted by Gasteiger charge is -2.25. The van der Waals surface area contributed by atoms with Crippen LogP contribution in [0.15, 0.2) is 17.0 Å². The van der Waals surface area contributed by atoms with Crippen LogP contribution in [0.3, 0.4) is 0 Å². The number of rotatable bonds is 1. The molecule has 1 aromatic carbocycles. The maximum Gasteiger partial charge on any atom is 0.181 e. The van der Waals surface area contributed by atoms with E-state index in [9.17, 15) is 17.2 Å². The fraction of sp³-hybridized carbons (Fsp3) is 0.400. The lowest BCUT2D eigenvalue weighted by atomic mass is 10.0. The average molecular weight is 247 g/mol. The molecule has 0 aliphatic carbocycles. The normalized spacial score (nSPS) is 22.8. The highest BCUT2D eigenvalue weighted by Gasteiger charge is 2.34. The molecule has 0 aromatic heterocycles. The van der Waals surface area contributed by atoms with Gasteiger partial charge in [0.1, 0.15) is 16.5 Å². The first-order valence-corrected chi connectivity index (χ1v) is 6.50. The highest BCUT2D eigenvalue weighted by atomic mass is 32.2. The summed E-state index contributed by atoms with van der Waals surface area (Å²) in [7, 11) is -2.10. The highest BCUT2D eigenvalue weighted by molar-refractivity contribution is 7.91. The molecule has 1 unspecified atom stereocenters. The van der Waals surface area contributed by atoms with Crippen molar-refractivity contribution in [1.82, 2.24) is 5.32 Å². The van der Waals surface area contributed by atoms with Crippen LogP contribution >= 0.6 is 0 Å². The third-order valence-corrected chi connectivity index (χ3v) is 4.59. The van der Waals surface area contributed by atoms with E-state index >= 15 is 0 Å². The predicted octanol–water partition coefficient (Wildman–Crippen LogP) is 1.40. The Morgan fingerprint density at radius 1 is 1.31 bits per heavy atom. The zero-order valence-electron chi connectivity index (χ0n) is 8.63. The molecule has 0 radical (unpaired) electrons. The van der Waals surface area contributed by atoms with Gasteiger partial charge in [-0.25, -0.2) is 17.2 Å². The first-order chi connectivity index (χ1) is 7.47. The molecule has 6 heteroatoms. The molecule has 1 aliphatic heterocycles. The van der Waals surface area contributed by atoms with Gasteiger partial charge < -0.3 is 5.32 Å². The van der Waals surface area contributed by atoms with Crippen molar-refractivity contribution in [3.8, 4) is 0 Å². The van der Waals surface area contributed by atoms with E-state index < -0.39 is 32.4 Å². The van der Waals surface area contributed by atoms with Gasteiger partial charge in [0.15, 0.2) is 9.84 Å². The van der Waals surface area contributed by atoms with Gasteiger partial charge in [0.2, 0.25) is 0 Å². The van der Waals surface area contributed by atoms with E-state index in [1.807, 2.05) is 0 Å². The van der Waals surface area contributed by atoms with Crippen molar-refractivity contribution in [1.29, 1.82) is 0 Å². The quantitative estimate of drug-likeness (QED) is 0.816. The van der Waals surface area contributed by atoms with Crippen LogP contribution in [0.5, 0.6) is 0 Å². The van der Waals surface area contributed by atoms with Gasteiger partial charge in [-0.05, 0) is 25.6 Å². The second-order valence-electron chi connectivity index (χ2n) is 3.72. The molecule has 0 bridgehead atoms. The molecule has 0 saturated carbocycles. The van der Waals surface area contributed by atoms with Crippen LogP contribution in [0, 0.1) is 11.6 Å². The van der Waals surface area contributed by atoms with Crippen LogP contribution in [0.25, 0.3) is 0 Å². The summed E-state index contributed by atoms with van der Waals surface area (Å²) in [6, 6.07) is 1.36. The molecule has 1 heterocycles. The number of sulfone groups is 1. The van der Waals surface area contributed by atoms with Gasteiger partial charge in [0.05, 0.1) is 5.75 Å². The van der Waals surface area contributed by atoms with Crippen molar-refractivity contribution >= 4 is 9.84 Å². The number of hydrogen-bond acceptors (Lipinski definition) is 3. The van der Waals surface area contributed by atoms with Crippen LogP contribution < -0.4 is 5.32 Å². The van der Waals surface area contributed by atoms with E-state index in [0.717, 1.165) is 12.1 Å². The Hall–Kier alpha value is -1.01. The Kier molecular flexibility index (Phi) is 2.71. The summed E-state index contributed by atoms with van der Waals surface area (Å²) >= 11 is 0. The summed E-state index contributed by atoms with van der Waals surface area (Å²) in [5.41, 5.74) is -0.0752. The number of benzene rings is 1. The van der Waals surface area contributed by atoms with Crippen molar-refractivity contribution in [2.75, 3.05) is 12.8 Å². The Morgan fingerprint density at radius 2 is 1.94 bits per heavy atom. The summed E-state index contributed by atoms with van der Waals surface area (Å²) < 4.78 is 50.4. The van der Waals surface area contributed by atoms with E-state index in [4.69, 9.17) is 0 Å². The molecular weight excluding hydrogens is 236 g/mol. The first kappa shape index (κ1) is 11.5. The van der Waals surface area contributed by atoms with Gasteiger partial charge in [-0.15, -0.1) is 0 Å². The molecule has 16 heavy (non-hydrogen) atoms. The maximum absolute atomic E-state index is 13.6. The van der Waals surface area contributed by atoms with Gasteiger partial charge in [0, 0.05) is 11.6 Å². The Balaban J connectivity index is 2.78. The molecule has 3 nitrogen and oxygen atoms in total. The topological polar surface area (TPSA) is 46.2 Å². The van der Waals surface area contributed by atoms with E-state index in [-0.39, 0.29) is 17.7 Å². The lowest BCUT2D eigenvalue weighted by Crippen LogP contribution is -2.29. The summed E-state index contributed by atoms with van der Waals surface area (Å²) in [6.07, 6.45) is 0.256. The van der Waals surface area contributed by atoms with Crippen LogP contribution in [0.4, 0.5) is 8.78 Å². The fourth-order valence-electron chi connectivity index (χ4n) is 2.00. The predicted molar refractivity (Wildman–Crippen MR) is 54.8 cm³/mol. The second-order valence-corrected chi connectivity index (χ2v) is 5.77. The van der Waals surface area contributed by atoms with Gasteiger partial charge in [-0.1, -0.05) is 0 Å². The van der Waals surface area contributed by atoms with Crippen molar-refractivity contribution < 1.29 is 17.2 Å². The number of hydrogen-bond donors (Lipinski definition) is 1. The zero-order valence-corrected chi connectivity index (χ0v) is 9.44. The summed E-state index contributed by atoms with van der Waals surface area (Å²) in [4.78, 5) is -0.488. The number of fused-ring (bicyclic) bond motifs is 1. The second kappa shape index (κ2) is 3.78. The maximum atomic E-state index is 13.6. The molecular formula is C10H11F2NO2S. The molecule has 88 valence electrons. The molecule has 1 aromatic rings. The molecule has 2 rings (SSSR count). The van der Waals surface area contributed by atoms with E-state index in [1.54, 1.807) is 7.05 Å². The largest absolute Gasteiger partial charge is 0.313 e. The SMILES string of the molecule is CNC1CCS(=O)(=O)c2c(F)ccc(F)c21. The number of halogens is 2. The fourth-order valence-corrected chi connectivity index (χ4v) is 3.69. The molecule has 0 fully saturated rings. The van der Waals surface area contributed by atoms with Crippen molar-refractivity contribution in [3.63, 3.8) is 0 Å². The van der Waals surface area contributed by atoms with Crippen LogP contribution in [-0.4, -0.2) is 21.2 Å². The molecule has 0 amide bonds. The third-order valence-electron chi connectivity index (χ3n) is 2.78. The Bertz CT molecular complexity index is 528. The zero-order chi connectivity index (χ0) is 11.9. The minimum absolute atomic E-state index is 0.0752. The van der Waals surface area contributed by atoms with Crippen LogP contribution in [0.1, 0.15) is 18.0 Å². The van der Waals surface area contributed by atoms with Crippen LogP contribution in [-0.2, 0) is 9.84 Å². The Labute approximate surface area is 92.4 Å². The summed E-state index contributed by atoms with van der Waals surface area (Å²) in [5.74, 6) is -1.72. The van der Waals surface area contributed by atoms with Crippen molar-refractivity contribution in [2.45, 2.75) is 17.4 Å². The standard InChI is InChI=1S/C10H11F2NO2S/c1-13-8-4-5-16(14,15)10-7(12)3-2-6(11)9(8)10/h2-3,8,13H,4-5H2,1H3. The molecule has 1 atom stereocenters. The van der Waals surface area contributed by atoms with Crippen molar-refractivity contribution in [2.24, 2.45) is 0 Å². The third kappa shape index (κ3) is 1.62. The minimum Gasteiger partial charge on any atom is -0.313 e. The van der Waals surface area contributed by atoms with Crippen molar-refractivity contribution in [3.05, 3.63) is 29.3 Å². The average Bonchev–Trinajstić information content (AvgIpc) is 2.23. The van der Waals surface area contributed by atoms with E-state index in [2.05, 4.69) is 5.32 Å². The van der Waals surface area contributed by atoms with Gasteiger partial charge in [-0.2, -0.15) is 0 Å². The Morgan fingerprint density at radius 3 is 2.56 bits per heavy atom. The summed E-state index contributed by atoms with van der Waals surface area (Å²) in [5, 5.41) is 2.79. The van der Waals surface area contributed by atoms with Gasteiger partial charge in [0.25, 0.3) is 0 Å². The van der Waals surface area contributed by atoms with Gasteiger partial charge in [-0.3, -0.25) is 0 Å². The molecule has 0 spiro atoms. The van der Waals surface area contributed by atoms with Gasteiger partial charge >= 0.3 is 0 Å². The summed E-state index contributed by atoms with van der Waals surface area (Å²) in [6.45, 7) is 0. The minimum atomic E-state index is -3.69. The molecule has 1 N–H and O–H groups in total. The monoisotopic (exact) mass is 247 g/mol. The molecule has 1 aliphatic rings. The lowest BCUT2D eigenvalue weighted by molar-refractivity contribution is 0.471. The highest BCUT2D eigenvalue weighted by Crippen LogP contribution is 2.35. The van der Waals surface area contributed by atoms with Crippen LogP contribution in [0.2, 0.25) is 0 Å².